The van der Waals surface area contributed by atoms with Crippen molar-refractivity contribution in [3.05, 3.63) is 47.3 Å². The maximum Gasteiger partial charge on any atom is 0.274 e. The standard InChI is InChI=1S/C31H39N7O4/c1-18(19-4-5-19)36-16-21-14-20(15-24(25(21)29(36)40)35-13-8-23(39)17-35)27-26(28-33-11-3-12-37(28)34-27)30(41)38(32)22-6-9-31(2,42)10-7-22/h3,11-12,14-15,18-19,22-23,39,42H,4-10,13,16-17,32H2,1-2H3/t18-,22?,23+,31?/m0/s1. The lowest BCUT2D eigenvalue weighted by atomic mass is 9.83. The summed E-state index contributed by atoms with van der Waals surface area (Å²) in [6.07, 6.45) is 8.20. The van der Waals surface area contributed by atoms with Crippen LogP contribution in [0.25, 0.3) is 16.9 Å². The van der Waals surface area contributed by atoms with Gasteiger partial charge in [0.25, 0.3) is 11.8 Å². The lowest BCUT2D eigenvalue weighted by molar-refractivity contribution is -0.00379. The van der Waals surface area contributed by atoms with Gasteiger partial charge in [-0.2, -0.15) is 5.10 Å². The van der Waals surface area contributed by atoms with Crippen molar-refractivity contribution in [2.45, 2.75) is 89.1 Å². The van der Waals surface area contributed by atoms with Crippen LogP contribution in [0.2, 0.25) is 0 Å². The fourth-order valence-electron chi connectivity index (χ4n) is 7.05. The smallest absolute Gasteiger partial charge is 0.274 e. The summed E-state index contributed by atoms with van der Waals surface area (Å²) in [5.41, 5.74) is 3.52. The summed E-state index contributed by atoms with van der Waals surface area (Å²) in [5, 5.41) is 26.9. The Hall–Kier alpha value is -3.54. The van der Waals surface area contributed by atoms with E-state index >= 15 is 0 Å². The summed E-state index contributed by atoms with van der Waals surface area (Å²) in [5.74, 6) is 6.69. The number of fused-ring (bicyclic) bond motifs is 2. The zero-order valence-corrected chi connectivity index (χ0v) is 24.2. The molecule has 42 heavy (non-hydrogen) atoms. The van der Waals surface area contributed by atoms with Gasteiger partial charge in [-0.3, -0.25) is 14.6 Å². The highest BCUT2D eigenvalue weighted by atomic mass is 16.3. The molecule has 2 aliphatic heterocycles. The first kappa shape index (κ1) is 27.3. The first-order valence-corrected chi connectivity index (χ1v) is 15.2. The average Bonchev–Trinajstić information content (AvgIpc) is 3.49. The van der Waals surface area contributed by atoms with Gasteiger partial charge < -0.3 is 20.0 Å². The van der Waals surface area contributed by atoms with Crippen LogP contribution in [0.5, 0.6) is 0 Å². The number of benzene rings is 1. The molecule has 2 atom stereocenters. The lowest BCUT2D eigenvalue weighted by Gasteiger charge is -2.37. The van der Waals surface area contributed by atoms with E-state index in [0.29, 0.717) is 85.7 Å². The van der Waals surface area contributed by atoms with Gasteiger partial charge in [-0.25, -0.2) is 15.3 Å². The van der Waals surface area contributed by atoms with Crippen LogP contribution >= 0.6 is 0 Å². The van der Waals surface area contributed by atoms with Crippen LogP contribution in [0, 0.1) is 5.92 Å². The molecule has 2 amide bonds. The van der Waals surface area contributed by atoms with Gasteiger partial charge in [-0.05, 0) is 88.5 Å². The van der Waals surface area contributed by atoms with Crippen molar-refractivity contribution in [1.82, 2.24) is 24.5 Å². The Morgan fingerprint density at radius 2 is 1.95 bits per heavy atom. The predicted octanol–water partition coefficient (Wildman–Crippen LogP) is 2.73. The molecule has 2 aromatic heterocycles. The molecule has 1 aromatic carbocycles. The monoisotopic (exact) mass is 573 g/mol. The van der Waals surface area contributed by atoms with Crippen LogP contribution in [-0.2, 0) is 6.54 Å². The van der Waals surface area contributed by atoms with Gasteiger partial charge in [0, 0.05) is 49.7 Å². The second-order valence-electron chi connectivity index (χ2n) is 13.0. The SMILES string of the molecule is C[C@@H](C1CC1)N1Cc2cc(-c3nn4cccnc4c3C(=O)N(N)C3CCC(C)(O)CC3)cc(N3CC[C@@H](O)C3)c2C1=O. The molecule has 11 nitrogen and oxygen atoms in total. The van der Waals surface area contributed by atoms with E-state index in [2.05, 4.69) is 16.8 Å². The van der Waals surface area contributed by atoms with E-state index in [4.69, 9.17) is 10.9 Å². The van der Waals surface area contributed by atoms with Gasteiger partial charge >= 0.3 is 0 Å². The summed E-state index contributed by atoms with van der Waals surface area (Å²) in [6, 6.07) is 5.64. The van der Waals surface area contributed by atoms with Crippen LogP contribution in [0.3, 0.4) is 0 Å². The van der Waals surface area contributed by atoms with Gasteiger partial charge in [-0.1, -0.05) is 0 Å². The molecular formula is C31H39N7O4. The molecule has 3 aromatic rings. The first-order chi connectivity index (χ1) is 20.1. The number of aliphatic hydroxyl groups excluding tert-OH is 1. The van der Waals surface area contributed by atoms with Crippen molar-refractivity contribution in [3.63, 3.8) is 0 Å². The molecule has 4 N–H and O–H groups in total. The van der Waals surface area contributed by atoms with Gasteiger partial charge in [0.1, 0.15) is 11.3 Å². The molecule has 222 valence electrons. The number of carbonyl (C=O) groups excluding carboxylic acids is 2. The van der Waals surface area contributed by atoms with Crippen molar-refractivity contribution in [1.29, 1.82) is 0 Å². The lowest BCUT2D eigenvalue weighted by Crippen LogP contribution is -2.49. The molecule has 2 saturated carbocycles. The van der Waals surface area contributed by atoms with E-state index < -0.39 is 11.7 Å². The van der Waals surface area contributed by atoms with Crippen molar-refractivity contribution in [2.75, 3.05) is 18.0 Å². The van der Waals surface area contributed by atoms with Crippen LogP contribution < -0.4 is 10.7 Å². The van der Waals surface area contributed by atoms with Crippen LogP contribution in [0.15, 0.2) is 30.6 Å². The summed E-state index contributed by atoms with van der Waals surface area (Å²) >= 11 is 0. The zero-order chi connectivity index (χ0) is 29.3. The van der Waals surface area contributed by atoms with Crippen molar-refractivity contribution >= 4 is 23.1 Å². The Bertz CT molecular complexity index is 1550. The largest absolute Gasteiger partial charge is 0.391 e. The van der Waals surface area contributed by atoms with Crippen LogP contribution in [-0.4, -0.2) is 83.4 Å². The Labute approximate surface area is 244 Å². The number of amides is 2. The number of carbonyl (C=O) groups is 2. The molecule has 11 heteroatoms. The van der Waals surface area contributed by atoms with E-state index in [1.165, 1.54) is 5.01 Å². The third-order valence-corrected chi connectivity index (χ3v) is 9.86. The number of nitrogens with zero attached hydrogens (tertiary/aromatic N) is 6. The zero-order valence-electron chi connectivity index (χ0n) is 24.2. The minimum Gasteiger partial charge on any atom is -0.391 e. The van der Waals surface area contributed by atoms with E-state index in [9.17, 15) is 19.8 Å². The Morgan fingerprint density at radius 1 is 1.19 bits per heavy atom. The topological polar surface area (TPSA) is 141 Å². The summed E-state index contributed by atoms with van der Waals surface area (Å²) in [7, 11) is 0. The maximum atomic E-state index is 14.1. The molecule has 0 spiro atoms. The first-order valence-electron chi connectivity index (χ1n) is 15.2. The highest BCUT2D eigenvalue weighted by molar-refractivity contribution is 6.08. The highest BCUT2D eigenvalue weighted by Crippen LogP contribution is 2.43. The van der Waals surface area contributed by atoms with Gasteiger partial charge in [0.15, 0.2) is 5.65 Å². The maximum absolute atomic E-state index is 14.1. The molecule has 0 bridgehead atoms. The number of nitrogens with two attached hydrogens (primary N) is 1. The quantitative estimate of drug-likeness (QED) is 0.232. The number of aliphatic hydroxyl groups is 2. The molecule has 4 heterocycles. The summed E-state index contributed by atoms with van der Waals surface area (Å²) in [6.45, 7) is 5.54. The third-order valence-electron chi connectivity index (χ3n) is 9.86. The average molecular weight is 574 g/mol. The van der Waals surface area contributed by atoms with Gasteiger partial charge in [0.2, 0.25) is 0 Å². The summed E-state index contributed by atoms with van der Waals surface area (Å²) in [4.78, 5) is 36.5. The highest BCUT2D eigenvalue weighted by Gasteiger charge is 2.42. The predicted molar refractivity (Wildman–Crippen MR) is 157 cm³/mol. The molecule has 2 aliphatic carbocycles. The molecule has 3 fully saturated rings. The Balaban J connectivity index is 1.32. The fourth-order valence-corrected chi connectivity index (χ4v) is 7.05. The Morgan fingerprint density at radius 3 is 2.64 bits per heavy atom. The van der Waals surface area contributed by atoms with Crippen LogP contribution in [0.4, 0.5) is 5.69 Å². The fraction of sp³-hybridized carbons (Fsp3) is 0.548. The number of hydrazine groups is 1. The number of rotatable bonds is 6. The molecule has 1 saturated heterocycles. The van der Waals surface area contributed by atoms with E-state index in [1.807, 2.05) is 24.0 Å². The van der Waals surface area contributed by atoms with Gasteiger partial charge in [-0.15, -0.1) is 0 Å². The van der Waals surface area contributed by atoms with E-state index in [1.54, 1.807) is 23.0 Å². The number of β-amino-alcohol motifs (C(OH)–C–C–N with tert-alkyl or cyclic N) is 1. The number of aromatic nitrogens is 3. The summed E-state index contributed by atoms with van der Waals surface area (Å²) < 4.78 is 1.60. The third kappa shape index (κ3) is 4.63. The van der Waals surface area contributed by atoms with E-state index in [0.717, 1.165) is 24.1 Å². The Kier molecular flexibility index (Phi) is 6.52. The molecule has 4 aliphatic rings. The molecular weight excluding hydrogens is 534 g/mol. The van der Waals surface area contributed by atoms with Crippen molar-refractivity contribution in [2.24, 2.45) is 11.8 Å². The minimum absolute atomic E-state index is 0.0293. The van der Waals surface area contributed by atoms with E-state index in [-0.39, 0.29) is 23.9 Å². The molecule has 7 rings (SSSR count). The van der Waals surface area contributed by atoms with Crippen molar-refractivity contribution in [3.8, 4) is 11.3 Å². The minimum atomic E-state index is -0.746. The number of hydrogen-bond acceptors (Lipinski definition) is 8. The second kappa shape index (κ2) is 10.0. The molecule has 0 unspecified atom stereocenters. The molecule has 0 radical (unpaired) electrons. The normalized spacial score (nSPS) is 26.6. The second-order valence-corrected chi connectivity index (χ2v) is 13.0. The number of hydrogen-bond donors (Lipinski definition) is 3. The number of anilines is 1. The van der Waals surface area contributed by atoms with Gasteiger partial charge in [0.05, 0.1) is 23.0 Å². The van der Waals surface area contributed by atoms with Crippen molar-refractivity contribution < 1.29 is 19.8 Å². The van der Waals surface area contributed by atoms with Crippen LogP contribution in [0.1, 0.15) is 85.1 Å².